The van der Waals surface area contributed by atoms with Crippen LogP contribution >= 0.6 is 11.3 Å². The summed E-state index contributed by atoms with van der Waals surface area (Å²) in [6.45, 7) is 1.30. The van der Waals surface area contributed by atoms with Crippen molar-refractivity contribution in [3.05, 3.63) is 101 Å². The van der Waals surface area contributed by atoms with Gasteiger partial charge in [0.15, 0.2) is 0 Å². The zero-order valence-corrected chi connectivity index (χ0v) is 18.5. The first-order valence-corrected chi connectivity index (χ1v) is 11.7. The fourth-order valence-corrected chi connectivity index (χ4v) is 5.72. The van der Waals surface area contributed by atoms with Crippen molar-refractivity contribution in [1.29, 1.82) is 0 Å². The van der Waals surface area contributed by atoms with E-state index in [1.54, 1.807) is 11.3 Å². The summed E-state index contributed by atoms with van der Waals surface area (Å²) in [5.41, 5.74) is 2.22. The quantitative estimate of drug-likeness (QED) is 0.374. The molecule has 0 radical (unpaired) electrons. The summed E-state index contributed by atoms with van der Waals surface area (Å²) in [5, 5.41) is 11.0. The highest BCUT2D eigenvalue weighted by Gasteiger charge is 2.37. The first-order chi connectivity index (χ1) is 15.7. The predicted molar refractivity (Wildman–Crippen MR) is 128 cm³/mol. The van der Waals surface area contributed by atoms with Crippen molar-refractivity contribution >= 4 is 27.4 Å². The van der Waals surface area contributed by atoms with E-state index in [0.29, 0.717) is 13.0 Å². The Kier molecular flexibility index (Phi) is 5.93. The molecule has 0 aliphatic carbocycles. The summed E-state index contributed by atoms with van der Waals surface area (Å²) in [4.78, 5) is 15.3. The second-order valence-corrected chi connectivity index (χ2v) is 9.28. The van der Waals surface area contributed by atoms with Crippen LogP contribution in [0.2, 0.25) is 0 Å². The van der Waals surface area contributed by atoms with Gasteiger partial charge in [-0.1, -0.05) is 60.7 Å². The van der Waals surface area contributed by atoms with E-state index in [2.05, 4.69) is 35.2 Å². The lowest BCUT2D eigenvalue weighted by molar-refractivity contribution is -0.142. The SMILES string of the molecule is O=C(O)C1CCCN1C(c1ccc(OCc2ccccc2)cc1)c1cc2ccccc2s1. The second-order valence-electron chi connectivity index (χ2n) is 8.17. The maximum Gasteiger partial charge on any atom is 0.320 e. The number of rotatable bonds is 7. The molecule has 0 amide bonds. The summed E-state index contributed by atoms with van der Waals surface area (Å²) in [5.74, 6) is 0.0697. The summed E-state index contributed by atoms with van der Waals surface area (Å²) in [6.07, 6.45) is 1.59. The Morgan fingerprint density at radius 3 is 2.53 bits per heavy atom. The molecule has 1 aliphatic rings. The summed E-state index contributed by atoms with van der Waals surface area (Å²) in [7, 11) is 0. The number of likely N-dealkylation sites (tertiary alicyclic amines) is 1. The van der Waals surface area contributed by atoms with Crippen molar-refractivity contribution in [3.8, 4) is 5.75 Å². The van der Waals surface area contributed by atoms with E-state index >= 15 is 0 Å². The average Bonchev–Trinajstić information content (AvgIpc) is 3.47. The van der Waals surface area contributed by atoms with Gasteiger partial charge in [0.25, 0.3) is 0 Å². The van der Waals surface area contributed by atoms with Gasteiger partial charge < -0.3 is 9.84 Å². The van der Waals surface area contributed by atoms with Gasteiger partial charge in [0.1, 0.15) is 18.4 Å². The highest BCUT2D eigenvalue weighted by molar-refractivity contribution is 7.19. The topological polar surface area (TPSA) is 49.8 Å². The van der Waals surface area contributed by atoms with Crippen LogP contribution in [-0.4, -0.2) is 28.6 Å². The van der Waals surface area contributed by atoms with Gasteiger partial charge in [-0.15, -0.1) is 11.3 Å². The number of hydrogen-bond acceptors (Lipinski definition) is 4. The Bertz CT molecular complexity index is 1170. The van der Waals surface area contributed by atoms with Crippen LogP contribution < -0.4 is 4.74 Å². The van der Waals surface area contributed by atoms with Crippen molar-refractivity contribution in [2.45, 2.75) is 31.5 Å². The van der Waals surface area contributed by atoms with Gasteiger partial charge in [-0.05, 0) is 53.6 Å². The normalized spacial score (nSPS) is 17.4. The molecule has 1 N–H and O–H groups in total. The Hall–Kier alpha value is -3.15. The number of hydrogen-bond donors (Lipinski definition) is 1. The molecule has 4 aromatic rings. The van der Waals surface area contributed by atoms with Gasteiger partial charge in [0.05, 0.1) is 6.04 Å². The van der Waals surface area contributed by atoms with E-state index in [4.69, 9.17) is 4.74 Å². The molecule has 0 spiro atoms. The van der Waals surface area contributed by atoms with Crippen LogP contribution in [-0.2, 0) is 11.4 Å². The second kappa shape index (κ2) is 9.15. The van der Waals surface area contributed by atoms with Crippen molar-refractivity contribution in [2.75, 3.05) is 6.54 Å². The van der Waals surface area contributed by atoms with Crippen molar-refractivity contribution in [3.63, 3.8) is 0 Å². The number of aliphatic carboxylic acids is 1. The highest BCUT2D eigenvalue weighted by Crippen LogP contribution is 2.40. The molecule has 0 saturated carbocycles. The van der Waals surface area contributed by atoms with E-state index in [0.717, 1.165) is 29.8 Å². The third-order valence-electron chi connectivity index (χ3n) is 6.07. The molecule has 1 fully saturated rings. The van der Waals surface area contributed by atoms with Gasteiger partial charge in [0.2, 0.25) is 0 Å². The molecule has 5 heteroatoms. The first-order valence-electron chi connectivity index (χ1n) is 10.9. The minimum atomic E-state index is -0.739. The van der Waals surface area contributed by atoms with Crippen LogP contribution in [0.1, 0.15) is 34.9 Å². The highest BCUT2D eigenvalue weighted by atomic mass is 32.1. The maximum atomic E-state index is 12.0. The molecule has 4 nitrogen and oxygen atoms in total. The fraction of sp³-hybridized carbons (Fsp3) is 0.222. The first kappa shape index (κ1) is 20.7. The standard InChI is InChI=1S/C27H25NO3S/c29-27(30)23-10-6-16-28(23)26(25-17-21-9-4-5-11-24(21)32-25)20-12-14-22(15-13-20)31-18-19-7-2-1-3-8-19/h1-5,7-9,11-15,17,23,26H,6,10,16,18H2,(H,29,30). The van der Waals surface area contributed by atoms with E-state index < -0.39 is 12.0 Å². The number of ether oxygens (including phenoxy) is 1. The molecule has 32 heavy (non-hydrogen) atoms. The Morgan fingerprint density at radius 1 is 1.03 bits per heavy atom. The molecule has 2 heterocycles. The van der Waals surface area contributed by atoms with Crippen LogP contribution in [0, 0.1) is 0 Å². The van der Waals surface area contributed by atoms with Gasteiger partial charge in [-0.2, -0.15) is 0 Å². The lowest BCUT2D eigenvalue weighted by atomic mass is 10.0. The molecule has 5 rings (SSSR count). The number of benzene rings is 3. The van der Waals surface area contributed by atoms with Crippen molar-refractivity contribution in [1.82, 2.24) is 4.90 Å². The number of thiophene rings is 1. The summed E-state index contributed by atoms with van der Waals surface area (Å²) in [6, 6.07) is 28.2. The van der Waals surface area contributed by atoms with Crippen LogP contribution in [0.3, 0.4) is 0 Å². The van der Waals surface area contributed by atoms with E-state index in [9.17, 15) is 9.90 Å². The lowest BCUT2D eigenvalue weighted by Crippen LogP contribution is -2.38. The predicted octanol–water partition coefficient (Wildman–Crippen LogP) is 6.12. The van der Waals surface area contributed by atoms with E-state index in [1.807, 2.05) is 54.6 Å². The Labute approximate surface area is 191 Å². The van der Waals surface area contributed by atoms with E-state index in [1.165, 1.54) is 15.0 Å². The Morgan fingerprint density at radius 2 is 1.78 bits per heavy atom. The third-order valence-corrected chi connectivity index (χ3v) is 7.24. The fourth-order valence-electron chi connectivity index (χ4n) is 4.51. The molecule has 1 aromatic heterocycles. The van der Waals surface area contributed by atoms with Crippen LogP contribution in [0.25, 0.3) is 10.1 Å². The summed E-state index contributed by atoms with van der Waals surface area (Å²) < 4.78 is 7.18. The largest absolute Gasteiger partial charge is 0.489 e. The number of fused-ring (bicyclic) bond motifs is 1. The van der Waals surface area contributed by atoms with Gasteiger partial charge >= 0.3 is 5.97 Å². The minimum absolute atomic E-state index is 0.0841. The smallest absolute Gasteiger partial charge is 0.320 e. The van der Waals surface area contributed by atoms with Gasteiger partial charge in [-0.25, -0.2) is 0 Å². The molecular formula is C27H25NO3S. The molecule has 2 atom stereocenters. The molecular weight excluding hydrogens is 418 g/mol. The van der Waals surface area contributed by atoms with Crippen LogP contribution in [0.15, 0.2) is 84.9 Å². The third kappa shape index (κ3) is 4.27. The zero-order valence-electron chi connectivity index (χ0n) is 17.7. The molecule has 162 valence electrons. The van der Waals surface area contributed by atoms with Crippen LogP contribution in [0.5, 0.6) is 5.75 Å². The number of carboxylic acids is 1. The lowest BCUT2D eigenvalue weighted by Gasteiger charge is -2.31. The number of carboxylic acid groups (broad SMARTS) is 1. The molecule has 1 saturated heterocycles. The van der Waals surface area contributed by atoms with Crippen molar-refractivity contribution in [2.24, 2.45) is 0 Å². The number of nitrogens with zero attached hydrogens (tertiary/aromatic N) is 1. The van der Waals surface area contributed by atoms with Gasteiger partial charge in [0, 0.05) is 16.1 Å². The van der Waals surface area contributed by atoms with E-state index in [-0.39, 0.29) is 6.04 Å². The molecule has 0 bridgehead atoms. The minimum Gasteiger partial charge on any atom is -0.489 e. The maximum absolute atomic E-state index is 12.0. The van der Waals surface area contributed by atoms with Gasteiger partial charge in [-0.3, -0.25) is 9.69 Å². The number of carbonyl (C=O) groups is 1. The van der Waals surface area contributed by atoms with Crippen LogP contribution in [0.4, 0.5) is 0 Å². The van der Waals surface area contributed by atoms with Crippen molar-refractivity contribution < 1.29 is 14.6 Å². The zero-order chi connectivity index (χ0) is 21.9. The monoisotopic (exact) mass is 443 g/mol. The molecule has 2 unspecified atom stereocenters. The molecule has 3 aromatic carbocycles. The Balaban J connectivity index is 1.45. The summed E-state index contributed by atoms with van der Waals surface area (Å²) >= 11 is 1.75. The average molecular weight is 444 g/mol. The molecule has 1 aliphatic heterocycles.